The van der Waals surface area contributed by atoms with Gasteiger partial charge in [0.25, 0.3) is 0 Å². The molecule has 2 aromatic rings. The first kappa shape index (κ1) is 11.2. The smallest absolute Gasteiger partial charge is 0.0426 e. The fraction of sp³-hybridized carbons (Fsp3) is 0.143. The summed E-state index contributed by atoms with van der Waals surface area (Å²) in [5, 5.41) is 0. The Balaban J connectivity index is 2.08. The third-order valence-corrected chi connectivity index (χ3v) is 3.06. The number of nitrogens with zero attached hydrogens (tertiary/aromatic N) is 1. The van der Waals surface area contributed by atoms with Gasteiger partial charge in [-0.05, 0) is 29.8 Å². The van der Waals surface area contributed by atoms with E-state index in [0.717, 1.165) is 11.0 Å². The van der Waals surface area contributed by atoms with E-state index in [1.165, 1.54) is 11.3 Å². The van der Waals surface area contributed by atoms with Crippen LogP contribution in [-0.4, -0.2) is 7.05 Å². The van der Waals surface area contributed by atoms with Crippen molar-refractivity contribution >= 4 is 21.6 Å². The molecule has 0 unspecified atom stereocenters. The summed E-state index contributed by atoms with van der Waals surface area (Å²) < 4.78 is 1.12. The average Bonchev–Trinajstić information content (AvgIpc) is 2.33. The van der Waals surface area contributed by atoms with Gasteiger partial charge in [0.05, 0.1) is 0 Å². The van der Waals surface area contributed by atoms with Crippen LogP contribution in [0.1, 0.15) is 5.56 Å². The van der Waals surface area contributed by atoms with Crippen LogP contribution >= 0.6 is 15.9 Å². The molecule has 0 fully saturated rings. The number of anilines is 1. The zero-order chi connectivity index (χ0) is 11.4. The molecule has 0 heterocycles. The Morgan fingerprint density at radius 1 is 0.938 bits per heavy atom. The van der Waals surface area contributed by atoms with Crippen molar-refractivity contribution in [1.29, 1.82) is 0 Å². The summed E-state index contributed by atoms with van der Waals surface area (Å²) in [6.45, 7) is 0.928. The quantitative estimate of drug-likeness (QED) is 0.816. The number of para-hydroxylation sites is 1. The van der Waals surface area contributed by atoms with Gasteiger partial charge in [-0.15, -0.1) is 0 Å². The largest absolute Gasteiger partial charge is 0.370 e. The molecule has 0 aliphatic heterocycles. The molecule has 0 aliphatic rings. The third kappa shape index (κ3) is 2.86. The summed E-state index contributed by atoms with van der Waals surface area (Å²) in [5.41, 5.74) is 2.56. The Bertz CT molecular complexity index is 436. The maximum absolute atomic E-state index is 3.44. The molecule has 0 saturated heterocycles. The van der Waals surface area contributed by atoms with E-state index >= 15 is 0 Å². The SMILES string of the molecule is CN(Cc1ccc(Br)cc1)c1ccccc1. The van der Waals surface area contributed by atoms with E-state index in [4.69, 9.17) is 0 Å². The van der Waals surface area contributed by atoms with Crippen molar-refractivity contribution < 1.29 is 0 Å². The fourth-order valence-electron chi connectivity index (χ4n) is 1.64. The molecule has 2 aromatic carbocycles. The van der Waals surface area contributed by atoms with Crippen LogP contribution in [0.15, 0.2) is 59.1 Å². The lowest BCUT2D eigenvalue weighted by Crippen LogP contribution is -2.15. The van der Waals surface area contributed by atoms with Crippen LogP contribution in [-0.2, 0) is 6.54 Å². The molecule has 0 amide bonds. The number of hydrogen-bond donors (Lipinski definition) is 0. The summed E-state index contributed by atoms with van der Waals surface area (Å²) in [5.74, 6) is 0. The maximum Gasteiger partial charge on any atom is 0.0426 e. The van der Waals surface area contributed by atoms with Crippen LogP contribution in [0.2, 0.25) is 0 Å². The van der Waals surface area contributed by atoms with Gasteiger partial charge >= 0.3 is 0 Å². The average molecular weight is 276 g/mol. The molecule has 2 heteroatoms. The molecule has 0 radical (unpaired) electrons. The normalized spacial score (nSPS) is 10.1. The van der Waals surface area contributed by atoms with E-state index in [0.29, 0.717) is 0 Å². The first-order valence-electron chi connectivity index (χ1n) is 5.26. The third-order valence-electron chi connectivity index (χ3n) is 2.53. The van der Waals surface area contributed by atoms with Crippen LogP contribution in [0, 0.1) is 0 Å². The summed E-state index contributed by atoms with van der Waals surface area (Å²) in [7, 11) is 2.11. The van der Waals surface area contributed by atoms with E-state index in [1.807, 2.05) is 6.07 Å². The predicted octanol–water partition coefficient (Wildman–Crippen LogP) is 4.09. The van der Waals surface area contributed by atoms with Gasteiger partial charge in [-0.3, -0.25) is 0 Å². The van der Waals surface area contributed by atoms with Gasteiger partial charge in [-0.1, -0.05) is 46.3 Å². The molecule has 0 atom stereocenters. The van der Waals surface area contributed by atoms with Crippen LogP contribution in [0.4, 0.5) is 5.69 Å². The monoisotopic (exact) mass is 275 g/mol. The van der Waals surface area contributed by atoms with Crippen molar-refractivity contribution in [3.8, 4) is 0 Å². The molecular formula is C14H14BrN. The molecule has 0 aliphatic carbocycles. The van der Waals surface area contributed by atoms with Crippen molar-refractivity contribution in [3.05, 3.63) is 64.6 Å². The lowest BCUT2D eigenvalue weighted by Gasteiger charge is -2.19. The summed E-state index contributed by atoms with van der Waals surface area (Å²) in [6, 6.07) is 18.9. The molecule has 0 saturated carbocycles. The summed E-state index contributed by atoms with van der Waals surface area (Å²) in [4.78, 5) is 2.24. The highest BCUT2D eigenvalue weighted by Crippen LogP contribution is 2.16. The number of rotatable bonds is 3. The Kier molecular flexibility index (Phi) is 3.62. The van der Waals surface area contributed by atoms with Crippen LogP contribution < -0.4 is 4.90 Å². The van der Waals surface area contributed by atoms with Crippen molar-refractivity contribution in [3.63, 3.8) is 0 Å². The zero-order valence-corrected chi connectivity index (χ0v) is 10.8. The maximum atomic E-state index is 3.44. The highest BCUT2D eigenvalue weighted by Gasteiger charge is 2.00. The van der Waals surface area contributed by atoms with Gasteiger partial charge in [0.1, 0.15) is 0 Å². The molecule has 82 valence electrons. The van der Waals surface area contributed by atoms with Crippen molar-refractivity contribution in [2.45, 2.75) is 6.54 Å². The van der Waals surface area contributed by atoms with Gasteiger partial charge in [0.2, 0.25) is 0 Å². The Labute approximate surface area is 105 Å². The van der Waals surface area contributed by atoms with E-state index in [2.05, 4.69) is 76.4 Å². The summed E-state index contributed by atoms with van der Waals surface area (Å²) in [6.07, 6.45) is 0. The van der Waals surface area contributed by atoms with E-state index in [-0.39, 0.29) is 0 Å². The van der Waals surface area contributed by atoms with Crippen LogP contribution in [0.3, 0.4) is 0 Å². The van der Waals surface area contributed by atoms with Gasteiger partial charge in [-0.2, -0.15) is 0 Å². The van der Waals surface area contributed by atoms with E-state index in [9.17, 15) is 0 Å². The second kappa shape index (κ2) is 5.17. The van der Waals surface area contributed by atoms with Gasteiger partial charge in [0, 0.05) is 23.8 Å². The second-order valence-electron chi connectivity index (χ2n) is 3.82. The molecule has 0 bridgehead atoms. The van der Waals surface area contributed by atoms with Gasteiger partial charge < -0.3 is 4.90 Å². The Morgan fingerprint density at radius 3 is 2.19 bits per heavy atom. The number of benzene rings is 2. The molecule has 0 spiro atoms. The standard InChI is InChI=1S/C14H14BrN/c1-16(14-5-3-2-4-6-14)11-12-7-9-13(15)10-8-12/h2-10H,11H2,1H3. The first-order valence-corrected chi connectivity index (χ1v) is 6.05. The molecule has 2 rings (SSSR count). The second-order valence-corrected chi connectivity index (χ2v) is 4.73. The Morgan fingerprint density at radius 2 is 1.56 bits per heavy atom. The minimum absolute atomic E-state index is 0.928. The van der Waals surface area contributed by atoms with Gasteiger partial charge in [-0.25, -0.2) is 0 Å². The molecule has 0 aromatic heterocycles. The number of hydrogen-bond acceptors (Lipinski definition) is 1. The highest BCUT2D eigenvalue weighted by atomic mass is 79.9. The Hall–Kier alpha value is -1.28. The topological polar surface area (TPSA) is 3.24 Å². The fourth-order valence-corrected chi connectivity index (χ4v) is 1.90. The first-order chi connectivity index (χ1) is 7.75. The van der Waals surface area contributed by atoms with E-state index in [1.54, 1.807) is 0 Å². The van der Waals surface area contributed by atoms with E-state index < -0.39 is 0 Å². The molecule has 16 heavy (non-hydrogen) atoms. The summed E-state index contributed by atoms with van der Waals surface area (Å²) >= 11 is 3.44. The minimum atomic E-state index is 0.928. The highest BCUT2D eigenvalue weighted by molar-refractivity contribution is 9.10. The van der Waals surface area contributed by atoms with Crippen LogP contribution in [0.25, 0.3) is 0 Å². The van der Waals surface area contributed by atoms with Crippen LogP contribution in [0.5, 0.6) is 0 Å². The molecule has 1 nitrogen and oxygen atoms in total. The van der Waals surface area contributed by atoms with Crippen molar-refractivity contribution in [2.75, 3.05) is 11.9 Å². The zero-order valence-electron chi connectivity index (χ0n) is 9.23. The van der Waals surface area contributed by atoms with Crippen molar-refractivity contribution in [1.82, 2.24) is 0 Å². The minimum Gasteiger partial charge on any atom is -0.370 e. The van der Waals surface area contributed by atoms with Crippen molar-refractivity contribution in [2.24, 2.45) is 0 Å². The molecular weight excluding hydrogens is 262 g/mol. The molecule has 0 N–H and O–H groups in total. The lowest BCUT2D eigenvalue weighted by molar-refractivity contribution is 0.923. The number of halogens is 1. The lowest BCUT2D eigenvalue weighted by atomic mass is 10.2. The van der Waals surface area contributed by atoms with Gasteiger partial charge in [0.15, 0.2) is 0 Å². The predicted molar refractivity (Wildman–Crippen MR) is 72.7 cm³/mol.